The molecule has 3 heterocycles. The molecule has 0 unspecified atom stereocenters. The van der Waals surface area contributed by atoms with Crippen LogP contribution in [0.25, 0.3) is 0 Å². The van der Waals surface area contributed by atoms with Crippen molar-refractivity contribution in [3.63, 3.8) is 0 Å². The van der Waals surface area contributed by atoms with Gasteiger partial charge in [0.1, 0.15) is 5.75 Å². The summed E-state index contributed by atoms with van der Waals surface area (Å²) in [5.41, 5.74) is 3.52. The second kappa shape index (κ2) is 8.05. The van der Waals surface area contributed by atoms with Crippen molar-refractivity contribution in [2.75, 3.05) is 18.2 Å². The van der Waals surface area contributed by atoms with Gasteiger partial charge in [-0.3, -0.25) is 24.1 Å². The number of benzene rings is 1. The molecule has 7 nitrogen and oxygen atoms in total. The van der Waals surface area contributed by atoms with Gasteiger partial charge in [-0.15, -0.1) is 0 Å². The fraction of sp³-hybridized carbons (Fsp3) is 0.318. The van der Waals surface area contributed by atoms with E-state index in [1.54, 1.807) is 10.8 Å². The summed E-state index contributed by atoms with van der Waals surface area (Å²) in [5, 5.41) is 0. The van der Waals surface area contributed by atoms with E-state index in [1.165, 1.54) is 0 Å². The highest BCUT2D eigenvalue weighted by molar-refractivity contribution is 5.59. The summed E-state index contributed by atoms with van der Waals surface area (Å²) < 4.78 is 7.31. The van der Waals surface area contributed by atoms with Crippen LogP contribution in [0.2, 0.25) is 0 Å². The average Bonchev–Trinajstić information content (AvgIpc) is 2.74. The molecule has 4 rings (SSSR count). The molecule has 0 saturated heterocycles. The van der Waals surface area contributed by atoms with Gasteiger partial charge in [0.05, 0.1) is 19.9 Å². The van der Waals surface area contributed by atoms with E-state index in [0.717, 1.165) is 22.7 Å². The Morgan fingerprint density at radius 3 is 2.59 bits per heavy atom. The molecule has 0 spiro atoms. The molecule has 3 aromatic rings. The van der Waals surface area contributed by atoms with Crippen molar-refractivity contribution in [1.82, 2.24) is 19.4 Å². The van der Waals surface area contributed by atoms with Gasteiger partial charge in [-0.05, 0) is 56.7 Å². The first-order valence-corrected chi connectivity index (χ1v) is 9.76. The van der Waals surface area contributed by atoms with Crippen LogP contribution in [0, 0.1) is 13.8 Å². The Hall–Kier alpha value is -3.19. The largest absolute Gasteiger partial charge is 0.494 e. The Morgan fingerprint density at radius 2 is 1.90 bits per heavy atom. The highest BCUT2D eigenvalue weighted by Crippen LogP contribution is 2.29. The van der Waals surface area contributed by atoms with Crippen molar-refractivity contribution in [3.05, 3.63) is 76.0 Å². The minimum Gasteiger partial charge on any atom is -0.494 e. The highest BCUT2D eigenvalue weighted by atomic mass is 16.5. The topological polar surface area (TPSA) is 63.5 Å². The molecule has 1 aliphatic heterocycles. The van der Waals surface area contributed by atoms with Crippen LogP contribution in [0.5, 0.6) is 5.75 Å². The molecular weight excluding hydrogens is 366 g/mol. The zero-order valence-corrected chi connectivity index (χ0v) is 17.0. The van der Waals surface area contributed by atoms with Crippen molar-refractivity contribution >= 4 is 11.6 Å². The number of hydrogen-bond donors (Lipinski definition) is 0. The van der Waals surface area contributed by atoms with Crippen LogP contribution in [0.4, 0.5) is 11.6 Å². The van der Waals surface area contributed by atoms with Crippen LogP contribution in [-0.2, 0) is 13.2 Å². The number of rotatable bonds is 5. The summed E-state index contributed by atoms with van der Waals surface area (Å²) in [6.45, 7) is 8.12. The van der Waals surface area contributed by atoms with E-state index < -0.39 is 0 Å². The van der Waals surface area contributed by atoms with Crippen molar-refractivity contribution in [2.45, 2.75) is 34.0 Å². The number of aryl methyl sites for hydroxylation is 1. The molecular formula is C22H25N5O2. The van der Waals surface area contributed by atoms with E-state index in [-0.39, 0.29) is 5.56 Å². The zero-order chi connectivity index (χ0) is 20.4. The average molecular weight is 391 g/mol. The molecule has 0 radical (unpaired) electrons. The van der Waals surface area contributed by atoms with E-state index in [4.69, 9.17) is 9.72 Å². The third-order valence-electron chi connectivity index (χ3n) is 5.13. The van der Waals surface area contributed by atoms with E-state index >= 15 is 0 Å². The number of hydrogen-bond acceptors (Lipinski definition) is 6. The van der Waals surface area contributed by atoms with Gasteiger partial charge >= 0.3 is 0 Å². The molecule has 0 amide bonds. The zero-order valence-electron chi connectivity index (χ0n) is 17.0. The van der Waals surface area contributed by atoms with Crippen LogP contribution in [0.15, 0.2) is 53.6 Å². The first-order valence-electron chi connectivity index (χ1n) is 9.76. The molecule has 0 bridgehead atoms. The summed E-state index contributed by atoms with van der Waals surface area (Å²) in [6.07, 6.45) is 3.62. The lowest BCUT2D eigenvalue weighted by atomic mass is 10.2. The first-order chi connectivity index (χ1) is 14.1. The molecule has 0 aliphatic carbocycles. The fourth-order valence-electron chi connectivity index (χ4n) is 3.52. The summed E-state index contributed by atoms with van der Waals surface area (Å²) in [5.74, 6) is 1.50. The quantitative estimate of drug-likeness (QED) is 0.665. The van der Waals surface area contributed by atoms with Gasteiger partial charge in [0.25, 0.3) is 5.56 Å². The van der Waals surface area contributed by atoms with Crippen molar-refractivity contribution in [1.29, 1.82) is 0 Å². The monoisotopic (exact) mass is 391 g/mol. The summed E-state index contributed by atoms with van der Waals surface area (Å²) >= 11 is 0. The van der Waals surface area contributed by atoms with Gasteiger partial charge in [-0.2, -0.15) is 0 Å². The Balaban J connectivity index is 1.73. The maximum Gasteiger partial charge on any atom is 0.259 e. The van der Waals surface area contributed by atoms with E-state index in [2.05, 4.69) is 14.8 Å². The molecule has 29 heavy (non-hydrogen) atoms. The summed E-state index contributed by atoms with van der Waals surface area (Å²) in [6, 6.07) is 11.9. The lowest BCUT2D eigenvalue weighted by molar-refractivity contribution is 0.189. The lowest BCUT2D eigenvalue weighted by Gasteiger charge is -2.38. The normalized spacial score (nSPS) is 14.0. The Bertz CT molecular complexity index is 1050. The summed E-state index contributed by atoms with van der Waals surface area (Å²) in [4.78, 5) is 26.2. The molecule has 7 heteroatoms. The maximum absolute atomic E-state index is 13.0. The Morgan fingerprint density at radius 1 is 1.10 bits per heavy atom. The number of pyridine rings is 1. The molecule has 0 saturated carbocycles. The minimum absolute atomic E-state index is 0.000627. The van der Waals surface area contributed by atoms with E-state index in [1.807, 2.05) is 63.4 Å². The second-order valence-electron chi connectivity index (χ2n) is 7.18. The highest BCUT2D eigenvalue weighted by Gasteiger charge is 2.27. The number of aromatic nitrogens is 3. The molecule has 0 fully saturated rings. The van der Waals surface area contributed by atoms with Gasteiger partial charge in [0.2, 0.25) is 5.95 Å². The van der Waals surface area contributed by atoms with Crippen LogP contribution in [0.1, 0.15) is 23.7 Å². The third kappa shape index (κ3) is 3.86. The third-order valence-corrected chi connectivity index (χ3v) is 5.13. The van der Waals surface area contributed by atoms with Crippen LogP contribution < -0.4 is 15.2 Å². The van der Waals surface area contributed by atoms with E-state index in [0.29, 0.717) is 38.0 Å². The molecule has 1 aromatic carbocycles. The molecule has 150 valence electrons. The van der Waals surface area contributed by atoms with Gasteiger partial charge in [-0.25, -0.2) is 4.98 Å². The number of anilines is 2. The van der Waals surface area contributed by atoms with Crippen molar-refractivity contribution in [2.24, 2.45) is 0 Å². The molecule has 1 aliphatic rings. The van der Waals surface area contributed by atoms with Gasteiger partial charge < -0.3 is 4.74 Å². The lowest BCUT2D eigenvalue weighted by Crippen LogP contribution is -2.47. The van der Waals surface area contributed by atoms with Crippen LogP contribution >= 0.6 is 0 Å². The van der Waals surface area contributed by atoms with Crippen molar-refractivity contribution in [3.8, 4) is 5.75 Å². The van der Waals surface area contributed by atoms with Crippen molar-refractivity contribution < 1.29 is 4.74 Å². The fourth-order valence-corrected chi connectivity index (χ4v) is 3.52. The minimum atomic E-state index is -0.000627. The Labute approximate surface area is 170 Å². The molecule has 2 aromatic heterocycles. The van der Waals surface area contributed by atoms with Gasteiger partial charge in [0.15, 0.2) is 0 Å². The maximum atomic E-state index is 13.0. The smallest absolute Gasteiger partial charge is 0.259 e. The summed E-state index contributed by atoms with van der Waals surface area (Å²) in [7, 11) is 0. The van der Waals surface area contributed by atoms with E-state index in [9.17, 15) is 4.79 Å². The number of nitrogens with zero attached hydrogens (tertiary/aromatic N) is 5. The van der Waals surface area contributed by atoms with Gasteiger partial charge in [0, 0.05) is 35.9 Å². The first kappa shape index (κ1) is 19.1. The second-order valence-corrected chi connectivity index (χ2v) is 7.18. The standard InChI is InChI=1S/C22H25N5O2/c1-4-29-20-9-7-19(8-10-20)26-14-25(13-18-6-5-11-23-12-18)15-27-21(28)16(2)17(3)24-22(26)27/h5-12H,4,13-15H2,1-3H3. The molecule has 0 N–H and O–H groups in total. The van der Waals surface area contributed by atoms with Gasteiger partial charge in [-0.1, -0.05) is 6.07 Å². The predicted molar refractivity (Wildman–Crippen MR) is 112 cm³/mol. The molecule has 0 atom stereocenters. The predicted octanol–water partition coefficient (Wildman–Crippen LogP) is 3.22. The van der Waals surface area contributed by atoms with Crippen LogP contribution in [0.3, 0.4) is 0 Å². The SMILES string of the molecule is CCOc1ccc(N2CN(Cc3cccnc3)Cn3c2nc(C)c(C)c3=O)cc1. The number of fused-ring (bicyclic) bond motifs is 1. The number of ether oxygens (including phenoxy) is 1. The Kier molecular flexibility index (Phi) is 5.31. The van der Waals surface area contributed by atoms with Crippen LogP contribution in [-0.4, -0.2) is 32.7 Å².